The predicted octanol–water partition coefficient (Wildman–Crippen LogP) is 4.02. The molecule has 1 aromatic carbocycles. The van der Waals surface area contributed by atoms with E-state index in [0.717, 1.165) is 53.5 Å². The van der Waals surface area contributed by atoms with Crippen LogP contribution in [0.25, 0.3) is 22.6 Å². The number of hydrogen-bond donors (Lipinski definition) is 0. The third-order valence-corrected chi connectivity index (χ3v) is 4.95. The predicted molar refractivity (Wildman–Crippen MR) is 93.7 cm³/mol. The number of nitrogens with zero attached hydrogens (tertiary/aromatic N) is 4. The van der Waals surface area contributed by atoms with Crippen molar-refractivity contribution in [2.24, 2.45) is 0 Å². The second-order valence-electron chi connectivity index (χ2n) is 6.17. The SMILES string of the molecule is CN1CCC(n2c(-c3ccccc3Cl)nc3cccnc32)CC1. The molecule has 2 aromatic heterocycles. The molecule has 3 heterocycles. The smallest absolute Gasteiger partial charge is 0.160 e. The van der Waals surface area contributed by atoms with Crippen molar-refractivity contribution in [2.75, 3.05) is 20.1 Å². The van der Waals surface area contributed by atoms with Crippen molar-refractivity contribution in [3.05, 3.63) is 47.6 Å². The minimum atomic E-state index is 0.414. The van der Waals surface area contributed by atoms with E-state index in [0.29, 0.717) is 6.04 Å². The third-order valence-electron chi connectivity index (χ3n) is 4.62. The lowest BCUT2D eigenvalue weighted by atomic mass is 10.0. The molecule has 0 saturated carbocycles. The van der Waals surface area contributed by atoms with E-state index < -0.39 is 0 Å². The molecule has 0 aliphatic carbocycles. The number of rotatable bonds is 2. The lowest BCUT2D eigenvalue weighted by molar-refractivity contribution is 0.224. The van der Waals surface area contributed by atoms with E-state index in [1.165, 1.54) is 0 Å². The number of fused-ring (bicyclic) bond motifs is 1. The van der Waals surface area contributed by atoms with Crippen LogP contribution in [-0.2, 0) is 0 Å². The molecule has 0 N–H and O–H groups in total. The molecular formula is C18H19ClN4. The van der Waals surface area contributed by atoms with E-state index in [-0.39, 0.29) is 0 Å². The van der Waals surface area contributed by atoms with E-state index in [1.54, 1.807) is 0 Å². The molecule has 0 atom stereocenters. The van der Waals surface area contributed by atoms with Gasteiger partial charge in [-0.1, -0.05) is 23.7 Å². The van der Waals surface area contributed by atoms with E-state index in [1.807, 2.05) is 42.6 Å². The van der Waals surface area contributed by atoms with Crippen LogP contribution in [0.15, 0.2) is 42.6 Å². The third kappa shape index (κ3) is 2.62. The van der Waals surface area contributed by atoms with Crippen LogP contribution < -0.4 is 0 Å². The van der Waals surface area contributed by atoms with Gasteiger partial charge >= 0.3 is 0 Å². The first-order chi connectivity index (χ1) is 11.2. The summed E-state index contributed by atoms with van der Waals surface area (Å²) in [7, 11) is 2.18. The highest BCUT2D eigenvalue weighted by Gasteiger charge is 2.25. The molecule has 4 rings (SSSR count). The van der Waals surface area contributed by atoms with Gasteiger partial charge in [-0.3, -0.25) is 0 Å². The normalized spacial score (nSPS) is 17.0. The molecule has 0 amide bonds. The molecule has 0 unspecified atom stereocenters. The minimum Gasteiger partial charge on any atom is -0.306 e. The van der Waals surface area contributed by atoms with Gasteiger partial charge in [0.15, 0.2) is 5.65 Å². The molecular weight excluding hydrogens is 308 g/mol. The maximum Gasteiger partial charge on any atom is 0.160 e. The number of likely N-dealkylation sites (tertiary alicyclic amines) is 1. The summed E-state index contributed by atoms with van der Waals surface area (Å²) in [6.45, 7) is 2.19. The maximum absolute atomic E-state index is 6.44. The zero-order valence-corrected chi connectivity index (χ0v) is 13.9. The second-order valence-corrected chi connectivity index (χ2v) is 6.57. The topological polar surface area (TPSA) is 34.0 Å². The Labute approximate surface area is 140 Å². The van der Waals surface area contributed by atoms with E-state index >= 15 is 0 Å². The summed E-state index contributed by atoms with van der Waals surface area (Å²) in [6.07, 6.45) is 4.05. The highest BCUT2D eigenvalue weighted by molar-refractivity contribution is 6.33. The summed E-state index contributed by atoms with van der Waals surface area (Å²) in [4.78, 5) is 11.8. The Kier molecular flexibility index (Phi) is 3.79. The van der Waals surface area contributed by atoms with Gasteiger partial charge in [0, 0.05) is 17.8 Å². The largest absolute Gasteiger partial charge is 0.306 e. The first-order valence-corrected chi connectivity index (χ1v) is 8.38. The maximum atomic E-state index is 6.44. The van der Waals surface area contributed by atoms with Gasteiger partial charge in [-0.05, 0) is 57.2 Å². The zero-order chi connectivity index (χ0) is 15.8. The second kappa shape index (κ2) is 5.95. The number of imidazole rings is 1. The average Bonchev–Trinajstić information content (AvgIpc) is 2.95. The number of pyridine rings is 1. The number of benzene rings is 1. The van der Waals surface area contributed by atoms with Crippen molar-refractivity contribution in [2.45, 2.75) is 18.9 Å². The van der Waals surface area contributed by atoms with Gasteiger partial charge in [0.1, 0.15) is 11.3 Å². The van der Waals surface area contributed by atoms with Gasteiger partial charge in [-0.15, -0.1) is 0 Å². The number of halogens is 1. The van der Waals surface area contributed by atoms with Gasteiger partial charge in [-0.2, -0.15) is 0 Å². The molecule has 118 valence electrons. The Morgan fingerprint density at radius 1 is 1.09 bits per heavy atom. The van der Waals surface area contributed by atoms with Gasteiger partial charge < -0.3 is 9.47 Å². The highest BCUT2D eigenvalue weighted by Crippen LogP contribution is 2.34. The molecule has 1 fully saturated rings. The van der Waals surface area contributed by atoms with Crippen molar-refractivity contribution in [3.8, 4) is 11.4 Å². The van der Waals surface area contributed by atoms with Crippen LogP contribution in [0.1, 0.15) is 18.9 Å². The number of piperidine rings is 1. The van der Waals surface area contributed by atoms with Crippen LogP contribution in [0, 0.1) is 0 Å². The van der Waals surface area contributed by atoms with Crippen LogP contribution in [0.3, 0.4) is 0 Å². The first-order valence-electron chi connectivity index (χ1n) is 8.00. The lowest BCUT2D eigenvalue weighted by Crippen LogP contribution is -2.31. The molecule has 1 aliphatic heterocycles. The van der Waals surface area contributed by atoms with Crippen LogP contribution in [0.4, 0.5) is 0 Å². The van der Waals surface area contributed by atoms with Crippen LogP contribution in [0.2, 0.25) is 5.02 Å². The molecule has 0 bridgehead atoms. The molecule has 4 nitrogen and oxygen atoms in total. The van der Waals surface area contributed by atoms with Gasteiger partial charge in [-0.25, -0.2) is 9.97 Å². The fourth-order valence-corrected chi connectivity index (χ4v) is 3.58. The molecule has 0 spiro atoms. The highest BCUT2D eigenvalue weighted by atomic mass is 35.5. The zero-order valence-electron chi connectivity index (χ0n) is 13.1. The lowest BCUT2D eigenvalue weighted by Gasteiger charge is -2.31. The number of hydrogen-bond acceptors (Lipinski definition) is 3. The Bertz CT molecular complexity index is 834. The van der Waals surface area contributed by atoms with Crippen LogP contribution >= 0.6 is 11.6 Å². The summed E-state index contributed by atoms with van der Waals surface area (Å²) in [6, 6.07) is 12.3. The van der Waals surface area contributed by atoms with E-state index in [2.05, 4.69) is 21.5 Å². The Hall–Kier alpha value is -1.91. The molecule has 5 heteroatoms. The van der Waals surface area contributed by atoms with Crippen molar-refractivity contribution < 1.29 is 0 Å². The molecule has 1 saturated heterocycles. The standard InChI is InChI=1S/C18H19ClN4/c1-22-11-8-13(9-12-22)23-17(14-5-2-3-6-15(14)19)21-16-7-4-10-20-18(16)23/h2-7,10,13H,8-9,11-12H2,1H3. The molecule has 1 aliphatic rings. The minimum absolute atomic E-state index is 0.414. The van der Waals surface area contributed by atoms with Gasteiger partial charge in [0.25, 0.3) is 0 Å². The molecule has 23 heavy (non-hydrogen) atoms. The number of aromatic nitrogens is 3. The van der Waals surface area contributed by atoms with Crippen LogP contribution in [0.5, 0.6) is 0 Å². The van der Waals surface area contributed by atoms with Crippen molar-refractivity contribution in [1.29, 1.82) is 0 Å². The summed E-state index contributed by atoms with van der Waals surface area (Å²) in [5.41, 5.74) is 2.87. The quantitative estimate of drug-likeness (QED) is 0.713. The Morgan fingerprint density at radius 2 is 1.87 bits per heavy atom. The Morgan fingerprint density at radius 3 is 2.65 bits per heavy atom. The van der Waals surface area contributed by atoms with E-state index in [9.17, 15) is 0 Å². The monoisotopic (exact) mass is 326 g/mol. The molecule has 0 radical (unpaired) electrons. The Balaban J connectivity index is 1.90. The summed E-state index contributed by atoms with van der Waals surface area (Å²) >= 11 is 6.44. The fraction of sp³-hybridized carbons (Fsp3) is 0.333. The van der Waals surface area contributed by atoms with Crippen molar-refractivity contribution in [3.63, 3.8) is 0 Å². The summed E-state index contributed by atoms with van der Waals surface area (Å²) < 4.78 is 2.30. The van der Waals surface area contributed by atoms with Crippen molar-refractivity contribution in [1.82, 2.24) is 19.4 Å². The van der Waals surface area contributed by atoms with Crippen LogP contribution in [-0.4, -0.2) is 39.6 Å². The summed E-state index contributed by atoms with van der Waals surface area (Å²) in [5, 5.41) is 0.733. The van der Waals surface area contributed by atoms with Gasteiger partial charge in [0.2, 0.25) is 0 Å². The van der Waals surface area contributed by atoms with E-state index in [4.69, 9.17) is 16.6 Å². The van der Waals surface area contributed by atoms with Gasteiger partial charge in [0.05, 0.1) is 5.02 Å². The fourth-order valence-electron chi connectivity index (χ4n) is 3.36. The first kappa shape index (κ1) is 14.7. The average molecular weight is 327 g/mol. The molecule has 3 aromatic rings. The summed E-state index contributed by atoms with van der Waals surface area (Å²) in [5.74, 6) is 0.929. The van der Waals surface area contributed by atoms with Crippen molar-refractivity contribution >= 4 is 22.8 Å².